The minimum atomic E-state index is 0.133. The molecule has 0 amide bonds. The molecule has 0 unspecified atom stereocenters. The Bertz CT molecular complexity index is 407. The fourth-order valence-electron chi connectivity index (χ4n) is 1.06. The Kier molecular flexibility index (Phi) is 5.35. The Balaban J connectivity index is 2.49. The van der Waals surface area contributed by atoms with Gasteiger partial charge in [0.15, 0.2) is 5.12 Å². The van der Waals surface area contributed by atoms with Crippen LogP contribution < -0.4 is 5.73 Å². The third kappa shape index (κ3) is 4.68. The molecule has 1 aromatic rings. The summed E-state index contributed by atoms with van der Waals surface area (Å²) in [5, 5.41) is 0.556. The van der Waals surface area contributed by atoms with Crippen LogP contribution in [0.3, 0.4) is 0 Å². The topological polar surface area (TPSA) is 56.0 Å². The van der Waals surface area contributed by atoms with E-state index in [4.69, 9.17) is 17.3 Å². The number of aromatic nitrogens is 1. The van der Waals surface area contributed by atoms with E-state index in [0.29, 0.717) is 16.5 Å². The van der Waals surface area contributed by atoms with Gasteiger partial charge in [-0.2, -0.15) is 0 Å². The SMILES string of the molecule is CC(=O)SCCC=Cc1nc(Cl)ccc1N. The molecule has 2 N–H and O–H groups in total. The standard InChI is InChI=1S/C11H13ClN2OS/c1-8(15)16-7-3-2-4-10-9(13)5-6-11(12)14-10/h2,4-6H,3,7,13H2,1H3. The number of nitrogen functional groups attached to an aromatic ring is 1. The minimum Gasteiger partial charge on any atom is -0.397 e. The van der Waals surface area contributed by atoms with E-state index in [1.807, 2.05) is 12.2 Å². The van der Waals surface area contributed by atoms with Crippen molar-refractivity contribution < 1.29 is 4.79 Å². The van der Waals surface area contributed by atoms with Crippen LogP contribution >= 0.6 is 23.4 Å². The molecule has 1 heterocycles. The zero-order chi connectivity index (χ0) is 12.0. The summed E-state index contributed by atoms with van der Waals surface area (Å²) >= 11 is 7.06. The second kappa shape index (κ2) is 6.55. The molecule has 0 aromatic carbocycles. The fraction of sp³-hybridized carbons (Fsp3) is 0.273. The number of thioether (sulfide) groups is 1. The highest BCUT2D eigenvalue weighted by atomic mass is 35.5. The quantitative estimate of drug-likeness (QED) is 0.665. The van der Waals surface area contributed by atoms with Crippen LogP contribution in [-0.2, 0) is 4.79 Å². The molecule has 0 radical (unpaired) electrons. The van der Waals surface area contributed by atoms with Crippen LogP contribution in [0.5, 0.6) is 0 Å². The van der Waals surface area contributed by atoms with Crippen LogP contribution in [0.15, 0.2) is 18.2 Å². The summed E-state index contributed by atoms with van der Waals surface area (Å²) in [4.78, 5) is 14.8. The molecule has 0 atom stereocenters. The van der Waals surface area contributed by atoms with E-state index in [2.05, 4.69) is 4.98 Å². The number of pyridine rings is 1. The first-order chi connectivity index (χ1) is 7.59. The molecule has 0 aliphatic rings. The summed E-state index contributed by atoms with van der Waals surface area (Å²) in [6.45, 7) is 1.56. The van der Waals surface area contributed by atoms with Gasteiger partial charge in [0, 0.05) is 12.7 Å². The molecule has 0 aliphatic carbocycles. The number of nitrogens with two attached hydrogens (primary N) is 1. The number of carbonyl (C=O) groups excluding carboxylic acids is 1. The van der Waals surface area contributed by atoms with Gasteiger partial charge in [-0.15, -0.1) is 0 Å². The van der Waals surface area contributed by atoms with Gasteiger partial charge in [0.1, 0.15) is 5.15 Å². The molecule has 0 aliphatic heterocycles. The Hall–Kier alpha value is -1.00. The molecule has 0 saturated heterocycles. The first-order valence-corrected chi connectivity index (χ1v) is 6.18. The van der Waals surface area contributed by atoms with Gasteiger partial charge in [-0.3, -0.25) is 4.79 Å². The van der Waals surface area contributed by atoms with Gasteiger partial charge < -0.3 is 5.73 Å². The summed E-state index contributed by atoms with van der Waals surface area (Å²) in [7, 11) is 0. The number of anilines is 1. The molecule has 3 nitrogen and oxygen atoms in total. The highest BCUT2D eigenvalue weighted by molar-refractivity contribution is 8.13. The average Bonchev–Trinajstić information content (AvgIpc) is 2.22. The van der Waals surface area contributed by atoms with Crippen molar-refractivity contribution in [3.05, 3.63) is 29.1 Å². The molecule has 86 valence electrons. The number of carbonyl (C=O) groups is 1. The highest BCUT2D eigenvalue weighted by Crippen LogP contribution is 2.15. The number of hydrogen-bond donors (Lipinski definition) is 1. The van der Waals surface area contributed by atoms with Gasteiger partial charge in [0.05, 0.1) is 11.4 Å². The first kappa shape index (κ1) is 13.1. The van der Waals surface area contributed by atoms with E-state index in [9.17, 15) is 4.79 Å². The molecule has 0 saturated carbocycles. The van der Waals surface area contributed by atoms with Gasteiger partial charge in [0.25, 0.3) is 0 Å². The van der Waals surface area contributed by atoms with E-state index >= 15 is 0 Å². The van der Waals surface area contributed by atoms with Crippen molar-refractivity contribution in [2.45, 2.75) is 13.3 Å². The third-order valence-electron chi connectivity index (χ3n) is 1.79. The van der Waals surface area contributed by atoms with Crippen LogP contribution in [0.2, 0.25) is 5.15 Å². The lowest BCUT2D eigenvalue weighted by atomic mass is 10.2. The lowest BCUT2D eigenvalue weighted by Gasteiger charge is -1.99. The van der Waals surface area contributed by atoms with E-state index < -0.39 is 0 Å². The lowest BCUT2D eigenvalue weighted by Crippen LogP contribution is -1.92. The molecule has 5 heteroatoms. The van der Waals surface area contributed by atoms with Crippen molar-refractivity contribution >= 4 is 40.2 Å². The lowest BCUT2D eigenvalue weighted by molar-refractivity contribution is -0.109. The molecule has 0 bridgehead atoms. The monoisotopic (exact) mass is 256 g/mol. The molecule has 0 spiro atoms. The molecule has 16 heavy (non-hydrogen) atoms. The molecular formula is C11H13ClN2OS. The van der Waals surface area contributed by atoms with Crippen molar-refractivity contribution in [2.24, 2.45) is 0 Å². The van der Waals surface area contributed by atoms with Crippen molar-refractivity contribution in [3.63, 3.8) is 0 Å². The fourth-order valence-corrected chi connectivity index (χ4v) is 1.76. The summed E-state index contributed by atoms with van der Waals surface area (Å²) in [6.07, 6.45) is 4.56. The van der Waals surface area contributed by atoms with Crippen molar-refractivity contribution in [1.29, 1.82) is 0 Å². The second-order valence-electron chi connectivity index (χ2n) is 3.14. The minimum absolute atomic E-state index is 0.133. The van der Waals surface area contributed by atoms with Crippen LogP contribution in [0, 0.1) is 0 Å². The normalized spacial score (nSPS) is 10.9. The van der Waals surface area contributed by atoms with Gasteiger partial charge in [-0.25, -0.2) is 4.98 Å². The first-order valence-electron chi connectivity index (χ1n) is 4.81. The summed E-state index contributed by atoms with van der Waals surface area (Å²) in [6, 6.07) is 3.37. The van der Waals surface area contributed by atoms with E-state index in [0.717, 1.165) is 12.2 Å². The second-order valence-corrected chi connectivity index (χ2v) is 4.80. The number of hydrogen-bond acceptors (Lipinski definition) is 4. The van der Waals surface area contributed by atoms with Crippen LogP contribution in [0.4, 0.5) is 5.69 Å². The number of halogens is 1. The van der Waals surface area contributed by atoms with Crippen molar-refractivity contribution in [3.8, 4) is 0 Å². The Labute approximate surface area is 104 Å². The van der Waals surface area contributed by atoms with E-state index in [1.165, 1.54) is 11.8 Å². The summed E-state index contributed by atoms with van der Waals surface area (Å²) < 4.78 is 0. The zero-order valence-corrected chi connectivity index (χ0v) is 10.5. The smallest absolute Gasteiger partial charge is 0.185 e. The zero-order valence-electron chi connectivity index (χ0n) is 8.94. The largest absolute Gasteiger partial charge is 0.397 e. The van der Waals surface area contributed by atoms with Crippen LogP contribution in [-0.4, -0.2) is 15.9 Å². The Morgan fingerprint density at radius 1 is 1.62 bits per heavy atom. The van der Waals surface area contributed by atoms with E-state index in [-0.39, 0.29) is 5.12 Å². The van der Waals surface area contributed by atoms with E-state index in [1.54, 1.807) is 19.1 Å². The number of nitrogens with zero attached hydrogens (tertiary/aromatic N) is 1. The van der Waals surface area contributed by atoms with Gasteiger partial charge in [0.2, 0.25) is 0 Å². The average molecular weight is 257 g/mol. The van der Waals surface area contributed by atoms with Gasteiger partial charge >= 0.3 is 0 Å². The molecule has 0 fully saturated rings. The summed E-state index contributed by atoms with van der Waals surface area (Å²) in [5.74, 6) is 0.770. The predicted molar refractivity (Wildman–Crippen MR) is 70.4 cm³/mol. The maximum Gasteiger partial charge on any atom is 0.185 e. The van der Waals surface area contributed by atoms with Crippen molar-refractivity contribution in [1.82, 2.24) is 4.98 Å². The van der Waals surface area contributed by atoms with Gasteiger partial charge in [-0.1, -0.05) is 29.4 Å². The third-order valence-corrected chi connectivity index (χ3v) is 2.85. The van der Waals surface area contributed by atoms with Crippen LogP contribution in [0.1, 0.15) is 19.0 Å². The Morgan fingerprint density at radius 2 is 2.38 bits per heavy atom. The molecule has 1 rings (SSSR count). The maximum atomic E-state index is 10.7. The maximum absolute atomic E-state index is 10.7. The number of allylic oxidation sites excluding steroid dienone is 1. The highest BCUT2D eigenvalue weighted by Gasteiger charge is 1.97. The summed E-state index contributed by atoms with van der Waals surface area (Å²) in [5.41, 5.74) is 6.98. The Morgan fingerprint density at radius 3 is 3.06 bits per heavy atom. The molecular weight excluding hydrogens is 244 g/mol. The molecule has 1 aromatic heterocycles. The van der Waals surface area contributed by atoms with Crippen molar-refractivity contribution in [2.75, 3.05) is 11.5 Å². The van der Waals surface area contributed by atoms with Gasteiger partial charge in [-0.05, 0) is 24.6 Å². The number of rotatable bonds is 4. The van der Waals surface area contributed by atoms with Crippen LogP contribution in [0.25, 0.3) is 6.08 Å². The predicted octanol–water partition coefficient (Wildman–Crippen LogP) is 3.00.